The average molecular weight is 301 g/mol. The molecule has 1 amide bonds. The molecule has 0 spiro atoms. The van der Waals surface area contributed by atoms with Gasteiger partial charge >= 0.3 is 0 Å². The zero-order valence-electron chi connectivity index (χ0n) is 13.6. The maximum absolute atomic E-state index is 10.8. The summed E-state index contributed by atoms with van der Waals surface area (Å²) in [6, 6.07) is 0. The van der Waals surface area contributed by atoms with Crippen molar-refractivity contribution < 1.29 is 10.0 Å². The van der Waals surface area contributed by atoms with Crippen molar-refractivity contribution in [2.75, 3.05) is 0 Å². The molecule has 120 valence electrons. The van der Waals surface area contributed by atoms with E-state index in [1.165, 1.54) is 12.8 Å². The maximum atomic E-state index is 10.8. The zero-order valence-corrected chi connectivity index (χ0v) is 13.6. The van der Waals surface area contributed by atoms with E-state index in [4.69, 9.17) is 5.21 Å². The van der Waals surface area contributed by atoms with Crippen LogP contribution < -0.4 is 5.48 Å². The Morgan fingerprint density at radius 1 is 0.818 bits per heavy atom. The Morgan fingerprint density at radius 3 is 1.95 bits per heavy atom. The van der Waals surface area contributed by atoms with Gasteiger partial charge in [-0.1, -0.05) is 49.9 Å². The van der Waals surface area contributed by atoms with Crippen molar-refractivity contribution in [1.29, 1.82) is 0 Å². The fourth-order valence-electron chi connectivity index (χ4n) is 1.69. The van der Waals surface area contributed by atoms with E-state index < -0.39 is 0 Å². The quantitative estimate of drug-likeness (QED) is 0.310. The van der Waals surface area contributed by atoms with Crippen LogP contribution in [0.3, 0.4) is 0 Å². The molecule has 0 fully saturated rings. The number of hydroxylamine groups is 1. The monoisotopic (exact) mass is 301 g/mol. The minimum atomic E-state index is -0.312. The van der Waals surface area contributed by atoms with Crippen molar-refractivity contribution in [2.24, 2.45) is 0 Å². The summed E-state index contributed by atoms with van der Waals surface area (Å²) < 4.78 is 0. The van der Waals surface area contributed by atoms with E-state index in [0.29, 0.717) is 19.3 Å². The third kappa shape index (κ3) is 16.2. The Labute approximate surface area is 135 Å². The summed E-state index contributed by atoms with van der Waals surface area (Å²) in [6.07, 6.45) is 9.77. The van der Waals surface area contributed by atoms with Crippen LogP contribution in [0.5, 0.6) is 0 Å². The number of nitrogens with one attached hydrogen (secondary N) is 1. The smallest absolute Gasteiger partial charge is 0.243 e. The van der Waals surface area contributed by atoms with Gasteiger partial charge in [-0.2, -0.15) is 0 Å². The Kier molecular flexibility index (Phi) is 15.7. The van der Waals surface area contributed by atoms with E-state index in [1.807, 2.05) is 0 Å². The van der Waals surface area contributed by atoms with Gasteiger partial charge in [-0.05, 0) is 19.3 Å². The van der Waals surface area contributed by atoms with Crippen molar-refractivity contribution in [2.45, 2.75) is 77.6 Å². The Bertz CT molecular complexity index is 463. The highest BCUT2D eigenvalue weighted by Crippen LogP contribution is 2.04. The molecule has 0 rings (SSSR count). The van der Waals surface area contributed by atoms with E-state index >= 15 is 0 Å². The molecule has 0 saturated heterocycles. The van der Waals surface area contributed by atoms with Gasteiger partial charge in [-0.25, -0.2) is 5.48 Å². The molecule has 0 aromatic heterocycles. The lowest BCUT2D eigenvalue weighted by Gasteiger charge is -1.98. The maximum Gasteiger partial charge on any atom is 0.243 e. The summed E-state index contributed by atoms with van der Waals surface area (Å²) in [5.41, 5.74) is 1.63. The molecule has 0 radical (unpaired) electrons. The minimum absolute atomic E-state index is 0.312. The molecule has 0 aliphatic rings. The first-order chi connectivity index (χ1) is 10.8. The molecular formula is C19H27NO2. The van der Waals surface area contributed by atoms with E-state index in [-0.39, 0.29) is 5.91 Å². The van der Waals surface area contributed by atoms with Crippen LogP contribution in [-0.4, -0.2) is 11.1 Å². The number of rotatable bonds is 8. The summed E-state index contributed by atoms with van der Waals surface area (Å²) in [6.45, 7) is 2.16. The molecule has 0 atom stereocenters. The largest absolute Gasteiger partial charge is 0.289 e. The molecule has 0 aromatic rings. The van der Waals surface area contributed by atoms with Gasteiger partial charge in [0.15, 0.2) is 0 Å². The summed E-state index contributed by atoms with van der Waals surface area (Å²) in [5.74, 6) is 18.0. The van der Waals surface area contributed by atoms with E-state index in [9.17, 15) is 4.79 Å². The Balaban J connectivity index is 3.42. The van der Waals surface area contributed by atoms with Crippen LogP contribution in [-0.2, 0) is 4.79 Å². The number of carbonyl (C=O) groups is 1. The second-order valence-electron chi connectivity index (χ2n) is 4.97. The van der Waals surface area contributed by atoms with Crippen molar-refractivity contribution in [3.05, 3.63) is 0 Å². The minimum Gasteiger partial charge on any atom is -0.289 e. The molecule has 0 heterocycles. The standard InChI is InChI=1S/C19H27NO2/c1-2-3-4-5-6-7-8-9-10-11-12-13-14-15-16-17-18-19(21)20-22/h22H,2-4,7,10,13-18H2,1H3,(H,20,21). The van der Waals surface area contributed by atoms with Gasteiger partial charge in [0.05, 0.1) is 12.8 Å². The lowest BCUT2D eigenvalue weighted by atomic mass is 10.1. The first kappa shape index (κ1) is 20.1. The summed E-state index contributed by atoms with van der Waals surface area (Å²) in [4.78, 5) is 10.8. The highest BCUT2D eigenvalue weighted by molar-refractivity contribution is 5.74. The lowest BCUT2D eigenvalue weighted by Crippen LogP contribution is -2.17. The number of unbranched alkanes of at least 4 members (excludes halogenated alkanes) is 6. The topological polar surface area (TPSA) is 49.3 Å². The molecule has 3 nitrogen and oxygen atoms in total. The summed E-state index contributed by atoms with van der Waals surface area (Å²) in [5, 5.41) is 8.32. The number of amides is 1. The van der Waals surface area contributed by atoms with Crippen LogP contribution in [0.1, 0.15) is 77.6 Å². The highest BCUT2D eigenvalue weighted by Gasteiger charge is 1.97. The van der Waals surface area contributed by atoms with Crippen LogP contribution in [0.15, 0.2) is 0 Å². The molecule has 0 aromatic carbocycles. The number of hydrogen-bond acceptors (Lipinski definition) is 2. The van der Waals surface area contributed by atoms with Gasteiger partial charge in [-0.3, -0.25) is 10.0 Å². The van der Waals surface area contributed by atoms with Crippen LogP contribution in [0, 0.1) is 35.5 Å². The third-order valence-electron chi connectivity index (χ3n) is 2.96. The first-order valence-corrected chi connectivity index (χ1v) is 8.11. The fraction of sp³-hybridized carbons (Fsp3) is 0.632. The predicted molar refractivity (Wildman–Crippen MR) is 89.7 cm³/mol. The molecule has 22 heavy (non-hydrogen) atoms. The molecule has 0 aliphatic heterocycles. The van der Waals surface area contributed by atoms with Crippen LogP contribution in [0.25, 0.3) is 0 Å². The van der Waals surface area contributed by atoms with Crippen LogP contribution >= 0.6 is 0 Å². The van der Waals surface area contributed by atoms with Crippen LogP contribution in [0.2, 0.25) is 0 Å². The van der Waals surface area contributed by atoms with E-state index in [1.54, 1.807) is 5.48 Å². The second-order valence-corrected chi connectivity index (χ2v) is 4.97. The molecule has 2 N–H and O–H groups in total. The number of carbonyl (C=O) groups excluding carboxylic acids is 1. The number of hydrogen-bond donors (Lipinski definition) is 2. The van der Waals surface area contributed by atoms with Gasteiger partial charge < -0.3 is 0 Å². The Hall–Kier alpha value is -1.89. The van der Waals surface area contributed by atoms with Crippen molar-refractivity contribution in [3.63, 3.8) is 0 Å². The molecule has 0 saturated carbocycles. The van der Waals surface area contributed by atoms with Gasteiger partial charge in [0.2, 0.25) is 5.91 Å². The normalized spacial score (nSPS) is 8.64. The predicted octanol–water partition coefficient (Wildman–Crippen LogP) is 3.81. The molecule has 3 heteroatoms. The second kappa shape index (κ2) is 17.2. The fourth-order valence-corrected chi connectivity index (χ4v) is 1.69. The summed E-state index contributed by atoms with van der Waals surface area (Å²) >= 11 is 0. The average Bonchev–Trinajstić information content (AvgIpc) is 2.54. The highest BCUT2D eigenvalue weighted by atomic mass is 16.5. The van der Waals surface area contributed by atoms with Crippen molar-refractivity contribution >= 4 is 5.91 Å². The Morgan fingerprint density at radius 2 is 1.36 bits per heavy atom. The molecule has 0 aliphatic carbocycles. The van der Waals surface area contributed by atoms with Crippen molar-refractivity contribution in [1.82, 2.24) is 5.48 Å². The SMILES string of the molecule is CCCCC#CCC#CCC#CCCCCCCC(=O)NO. The van der Waals surface area contributed by atoms with E-state index in [0.717, 1.165) is 38.5 Å². The third-order valence-corrected chi connectivity index (χ3v) is 2.96. The first-order valence-electron chi connectivity index (χ1n) is 8.11. The molecular weight excluding hydrogens is 274 g/mol. The van der Waals surface area contributed by atoms with Gasteiger partial charge in [-0.15, -0.1) is 11.8 Å². The van der Waals surface area contributed by atoms with Gasteiger partial charge in [0.25, 0.3) is 0 Å². The van der Waals surface area contributed by atoms with Crippen molar-refractivity contribution in [3.8, 4) is 35.5 Å². The van der Waals surface area contributed by atoms with Gasteiger partial charge in [0, 0.05) is 19.3 Å². The lowest BCUT2D eigenvalue weighted by molar-refractivity contribution is -0.129. The zero-order chi connectivity index (χ0) is 16.3. The van der Waals surface area contributed by atoms with Gasteiger partial charge in [0.1, 0.15) is 0 Å². The van der Waals surface area contributed by atoms with E-state index in [2.05, 4.69) is 42.4 Å². The summed E-state index contributed by atoms with van der Waals surface area (Å²) in [7, 11) is 0. The van der Waals surface area contributed by atoms with Crippen LogP contribution in [0.4, 0.5) is 0 Å². The molecule has 0 unspecified atom stereocenters. The molecule has 0 bridgehead atoms.